The van der Waals surface area contributed by atoms with Gasteiger partial charge in [-0.2, -0.15) is 5.26 Å². The molecule has 6 nitrogen and oxygen atoms in total. The third-order valence-electron chi connectivity index (χ3n) is 4.49. The van der Waals surface area contributed by atoms with Crippen LogP contribution in [0.25, 0.3) is 0 Å². The van der Waals surface area contributed by atoms with E-state index in [9.17, 15) is 4.79 Å². The van der Waals surface area contributed by atoms with Gasteiger partial charge in [0.05, 0.1) is 24.3 Å². The standard InChI is InChI=1S/C20H24ClN3O3/c1-4-24-16(13-23)7-8-20(24,19(25)27-10-9-26-14(2)3)17-6-5-15(12-22)11-18(17)21/h4-6,11,13-14H,1,7-10,23H2,2-3H3/b16-13-. The van der Waals surface area contributed by atoms with E-state index in [4.69, 9.17) is 32.1 Å². The van der Waals surface area contributed by atoms with Gasteiger partial charge >= 0.3 is 5.97 Å². The number of likely N-dealkylation sites (tertiary alicyclic amines) is 1. The molecule has 1 heterocycles. The molecule has 1 saturated heterocycles. The first kappa shape index (κ1) is 20.8. The Balaban J connectivity index is 2.43. The van der Waals surface area contributed by atoms with Crippen molar-refractivity contribution in [3.05, 3.63) is 59.0 Å². The number of hydrogen-bond acceptors (Lipinski definition) is 6. The van der Waals surface area contributed by atoms with Gasteiger partial charge in [-0.15, -0.1) is 0 Å². The van der Waals surface area contributed by atoms with Crippen molar-refractivity contribution in [2.24, 2.45) is 5.73 Å². The van der Waals surface area contributed by atoms with Crippen LogP contribution in [0.4, 0.5) is 0 Å². The van der Waals surface area contributed by atoms with E-state index < -0.39 is 11.5 Å². The van der Waals surface area contributed by atoms with Gasteiger partial charge in [0, 0.05) is 22.5 Å². The lowest BCUT2D eigenvalue weighted by atomic mass is 9.86. The molecule has 0 spiro atoms. The van der Waals surface area contributed by atoms with Gasteiger partial charge in [-0.1, -0.05) is 24.2 Å². The van der Waals surface area contributed by atoms with E-state index >= 15 is 0 Å². The molecule has 1 atom stereocenters. The first-order valence-electron chi connectivity index (χ1n) is 8.72. The van der Waals surface area contributed by atoms with Gasteiger partial charge in [0.25, 0.3) is 0 Å². The molecule has 0 bridgehead atoms. The summed E-state index contributed by atoms with van der Waals surface area (Å²) in [5, 5.41) is 9.41. The highest BCUT2D eigenvalue weighted by Crippen LogP contribution is 2.47. The Hall–Kier alpha value is -2.49. The molecular weight excluding hydrogens is 366 g/mol. The van der Waals surface area contributed by atoms with Gasteiger partial charge in [-0.25, -0.2) is 4.79 Å². The molecule has 2 N–H and O–H groups in total. The average molecular weight is 390 g/mol. The van der Waals surface area contributed by atoms with Gasteiger partial charge in [0.15, 0.2) is 5.54 Å². The largest absolute Gasteiger partial charge is 0.461 e. The summed E-state index contributed by atoms with van der Waals surface area (Å²) < 4.78 is 11.0. The topological polar surface area (TPSA) is 88.6 Å². The monoisotopic (exact) mass is 389 g/mol. The van der Waals surface area contributed by atoms with E-state index in [0.29, 0.717) is 35.6 Å². The van der Waals surface area contributed by atoms with Crippen molar-refractivity contribution in [1.29, 1.82) is 5.26 Å². The van der Waals surface area contributed by atoms with Crippen LogP contribution >= 0.6 is 11.6 Å². The smallest absolute Gasteiger partial charge is 0.337 e. The molecule has 1 aromatic carbocycles. The first-order valence-corrected chi connectivity index (χ1v) is 9.10. The number of ether oxygens (including phenoxy) is 2. The maximum Gasteiger partial charge on any atom is 0.337 e. The van der Waals surface area contributed by atoms with E-state index in [2.05, 4.69) is 6.58 Å². The second-order valence-electron chi connectivity index (χ2n) is 6.43. The molecule has 1 aromatic rings. The van der Waals surface area contributed by atoms with Crippen molar-refractivity contribution in [2.75, 3.05) is 13.2 Å². The number of carbonyl (C=O) groups is 1. The minimum absolute atomic E-state index is 0.0496. The number of nitrogens with two attached hydrogens (primary N) is 1. The summed E-state index contributed by atoms with van der Waals surface area (Å²) in [7, 11) is 0. The van der Waals surface area contributed by atoms with Crippen LogP contribution < -0.4 is 5.73 Å². The number of halogens is 1. The second kappa shape index (κ2) is 8.94. The van der Waals surface area contributed by atoms with E-state index in [-0.39, 0.29) is 12.7 Å². The Labute approximate surface area is 164 Å². The number of nitrogens with zero attached hydrogens (tertiary/aromatic N) is 2. The Morgan fingerprint density at radius 1 is 1.52 bits per heavy atom. The Morgan fingerprint density at radius 2 is 2.26 bits per heavy atom. The molecule has 1 fully saturated rings. The highest BCUT2D eigenvalue weighted by molar-refractivity contribution is 6.31. The zero-order valence-electron chi connectivity index (χ0n) is 15.6. The predicted molar refractivity (Wildman–Crippen MR) is 103 cm³/mol. The summed E-state index contributed by atoms with van der Waals surface area (Å²) in [6, 6.07) is 6.90. The van der Waals surface area contributed by atoms with Crippen molar-refractivity contribution in [3.8, 4) is 6.07 Å². The van der Waals surface area contributed by atoms with Crippen LogP contribution in [0.2, 0.25) is 5.02 Å². The van der Waals surface area contributed by atoms with Crippen molar-refractivity contribution in [3.63, 3.8) is 0 Å². The lowest BCUT2D eigenvalue weighted by Crippen LogP contribution is -2.46. The van der Waals surface area contributed by atoms with Gasteiger partial charge in [-0.3, -0.25) is 0 Å². The van der Waals surface area contributed by atoms with Crippen LogP contribution in [0.1, 0.15) is 37.8 Å². The predicted octanol–water partition coefficient (Wildman–Crippen LogP) is 3.41. The quantitative estimate of drug-likeness (QED) is 0.567. The lowest BCUT2D eigenvalue weighted by Gasteiger charge is -2.36. The fourth-order valence-corrected chi connectivity index (χ4v) is 3.60. The summed E-state index contributed by atoms with van der Waals surface area (Å²) in [5.41, 5.74) is 6.27. The first-order chi connectivity index (χ1) is 12.9. The maximum atomic E-state index is 13.2. The maximum absolute atomic E-state index is 13.2. The minimum Gasteiger partial charge on any atom is -0.461 e. The Kier molecular flexibility index (Phi) is 6.89. The van der Waals surface area contributed by atoms with Crippen molar-refractivity contribution >= 4 is 17.6 Å². The number of hydrogen-bond donors (Lipinski definition) is 1. The molecule has 0 amide bonds. The van der Waals surface area contributed by atoms with Gasteiger partial charge in [-0.05, 0) is 45.0 Å². The molecule has 0 radical (unpaired) electrons. The third kappa shape index (κ3) is 4.10. The molecule has 1 aliphatic rings. The zero-order chi connectivity index (χ0) is 20.0. The zero-order valence-corrected chi connectivity index (χ0v) is 16.3. The fraction of sp³-hybridized carbons (Fsp3) is 0.400. The van der Waals surface area contributed by atoms with Crippen molar-refractivity contribution in [2.45, 2.75) is 38.3 Å². The summed E-state index contributed by atoms with van der Waals surface area (Å²) in [4.78, 5) is 14.9. The van der Waals surface area contributed by atoms with Crippen molar-refractivity contribution < 1.29 is 14.3 Å². The number of carbonyl (C=O) groups excluding carboxylic acids is 1. The second-order valence-corrected chi connectivity index (χ2v) is 6.84. The molecule has 0 aromatic heterocycles. The third-order valence-corrected chi connectivity index (χ3v) is 4.80. The Bertz CT molecular complexity index is 785. The molecule has 27 heavy (non-hydrogen) atoms. The summed E-state index contributed by atoms with van der Waals surface area (Å²) in [6.07, 6.45) is 4.05. The normalized spacial score (nSPS) is 20.7. The van der Waals surface area contributed by atoms with E-state index in [1.165, 1.54) is 6.20 Å². The molecule has 0 saturated carbocycles. The molecule has 144 valence electrons. The van der Waals surface area contributed by atoms with Crippen LogP contribution in [0, 0.1) is 11.3 Å². The molecule has 2 rings (SSSR count). The number of benzene rings is 1. The summed E-state index contributed by atoms with van der Waals surface area (Å²) in [6.45, 7) is 8.08. The minimum atomic E-state index is -1.18. The Morgan fingerprint density at radius 3 is 2.81 bits per heavy atom. The van der Waals surface area contributed by atoms with Gasteiger partial charge in [0.1, 0.15) is 6.61 Å². The average Bonchev–Trinajstić information content (AvgIpc) is 3.03. The molecule has 1 aliphatic heterocycles. The number of allylic oxidation sites excluding steroid dienone is 1. The van der Waals surface area contributed by atoms with Gasteiger partial charge < -0.3 is 20.1 Å². The molecule has 7 heteroatoms. The highest BCUT2D eigenvalue weighted by Gasteiger charge is 2.52. The fourth-order valence-electron chi connectivity index (χ4n) is 3.26. The van der Waals surface area contributed by atoms with Crippen LogP contribution in [-0.2, 0) is 19.8 Å². The van der Waals surface area contributed by atoms with Crippen molar-refractivity contribution in [1.82, 2.24) is 4.90 Å². The number of rotatable bonds is 7. The van der Waals surface area contributed by atoms with Gasteiger partial charge in [0.2, 0.25) is 0 Å². The van der Waals surface area contributed by atoms with E-state index in [0.717, 1.165) is 5.70 Å². The highest BCUT2D eigenvalue weighted by atomic mass is 35.5. The van der Waals surface area contributed by atoms with Crippen LogP contribution in [0.3, 0.4) is 0 Å². The van der Waals surface area contributed by atoms with E-state index in [1.807, 2.05) is 19.9 Å². The van der Waals surface area contributed by atoms with Crippen LogP contribution in [0.15, 0.2) is 42.9 Å². The number of esters is 1. The van der Waals surface area contributed by atoms with E-state index in [1.54, 1.807) is 29.3 Å². The molecule has 1 unspecified atom stereocenters. The lowest BCUT2D eigenvalue weighted by molar-refractivity contribution is -0.157. The molecular formula is C20H24ClN3O3. The van der Waals surface area contributed by atoms with Crippen LogP contribution in [-0.4, -0.2) is 30.2 Å². The summed E-state index contributed by atoms with van der Waals surface area (Å²) >= 11 is 6.44. The SMILES string of the molecule is C=CN1/C(=C\N)CCC1(C(=O)OCCOC(C)C)c1ccc(C#N)cc1Cl. The number of nitriles is 1. The molecule has 0 aliphatic carbocycles. The van der Waals surface area contributed by atoms with Crippen LogP contribution in [0.5, 0.6) is 0 Å². The summed E-state index contributed by atoms with van der Waals surface area (Å²) in [5.74, 6) is -0.460.